The number of alkyl halides is 5. The van der Waals surface area contributed by atoms with Crippen molar-refractivity contribution in [3.8, 4) is 5.75 Å². The number of likely N-dealkylation sites (tertiary alicyclic amines) is 1. The molecule has 1 fully saturated rings. The highest BCUT2D eigenvalue weighted by Gasteiger charge is 2.39. The number of aromatic nitrogens is 2. The highest BCUT2D eigenvalue weighted by molar-refractivity contribution is 5.54. The molecule has 1 aliphatic heterocycles. The Bertz CT molecular complexity index is 877. The zero-order valence-electron chi connectivity index (χ0n) is 16.2. The van der Waals surface area contributed by atoms with Crippen LogP contribution in [0.2, 0.25) is 0 Å². The molecule has 1 saturated heterocycles. The van der Waals surface area contributed by atoms with Gasteiger partial charge in [0, 0.05) is 37.8 Å². The van der Waals surface area contributed by atoms with Gasteiger partial charge in [-0.05, 0) is 31.0 Å². The minimum Gasteiger partial charge on any atom is -0.406 e. The molecule has 2 aromatic rings. The van der Waals surface area contributed by atoms with Crippen LogP contribution in [-0.4, -0.2) is 46.3 Å². The van der Waals surface area contributed by atoms with E-state index in [-0.39, 0.29) is 31.4 Å². The summed E-state index contributed by atoms with van der Waals surface area (Å²) in [7, 11) is 0. The normalized spacial score (nSPS) is 19.5. The van der Waals surface area contributed by atoms with Gasteiger partial charge >= 0.3 is 6.36 Å². The maximum atomic E-state index is 13.9. The van der Waals surface area contributed by atoms with Crippen molar-refractivity contribution in [1.29, 1.82) is 0 Å². The third-order valence-electron chi connectivity index (χ3n) is 4.84. The fourth-order valence-electron chi connectivity index (χ4n) is 3.32. The number of nitrogens with two attached hydrogens (primary N) is 1. The number of anilines is 2. The van der Waals surface area contributed by atoms with Gasteiger partial charge in [-0.25, -0.2) is 18.7 Å². The summed E-state index contributed by atoms with van der Waals surface area (Å²) in [5, 5.41) is 2.82. The van der Waals surface area contributed by atoms with Gasteiger partial charge in [-0.15, -0.1) is 13.2 Å². The number of piperidine rings is 1. The molecule has 1 unspecified atom stereocenters. The fraction of sp³-hybridized carbons (Fsp3) is 0.474. The van der Waals surface area contributed by atoms with Crippen LogP contribution in [0, 0.1) is 6.92 Å². The molecule has 0 saturated carbocycles. The SMILES string of the molecule is Cc1ccc(Nc2cc(OC(F)(F)F)ccn2)nc1CN1CC(F)(F)CCC1CN. The van der Waals surface area contributed by atoms with Crippen LogP contribution in [0.4, 0.5) is 33.6 Å². The number of pyridine rings is 2. The number of ether oxygens (including phenoxy) is 1. The van der Waals surface area contributed by atoms with E-state index in [1.807, 2.05) is 6.92 Å². The molecule has 3 heterocycles. The third kappa shape index (κ3) is 5.99. The minimum atomic E-state index is -4.82. The lowest BCUT2D eigenvalue weighted by molar-refractivity contribution is -0.274. The van der Waals surface area contributed by atoms with Gasteiger partial charge in [-0.3, -0.25) is 4.90 Å². The number of halogens is 5. The van der Waals surface area contributed by atoms with E-state index >= 15 is 0 Å². The Hall–Kier alpha value is -2.53. The first-order valence-electron chi connectivity index (χ1n) is 9.32. The largest absolute Gasteiger partial charge is 0.573 e. The number of aryl methyl sites for hydroxylation is 1. The van der Waals surface area contributed by atoms with Crippen molar-refractivity contribution in [1.82, 2.24) is 14.9 Å². The first-order chi connectivity index (χ1) is 14.0. The van der Waals surface area contributed by atoms with Gasteiger partial charge in [0.1, 0.15) is 17.4 Å². The van der Waals surface area contributed by atoms with Crippen molar-refractivity contribution in [2.24, 2.45) is 5.73 Å². The molecule has 0 aliphatic carbocycles. The zero-order chi connectivity index (χ0) is 21.9. The summed E-state index contributed by atoms with van der Waals surface area (Å²) in [5.74, 6) is -2.78. The first kappa shape index (κ1) is 22.2. The molecule has 1 atom stereocenters. The van der Waals surface area contributed by atoms with E-state index in [9.17, 15) is 22.0 Å². The molecule has 164 valence electrons. The Morgan fingerprint density at radius 2 is 2.03 bits per heavy atom. The Morgan fingerprint density at radius 1 is 1.27 bits per heavy atom. The smallest absolute Gasteiger partial charge is 0.406 e. The van der Waals surface area contributed by atoms with Crippen LogP contribution >= 0.6 is 0 Å². The summed E-state index contributed by atoms with van der Waals surface area (Å²) in [6, 6.07) is 5.38. The molecule has 0 aromatic carbocycles. The lowest BCUT2D eigenvalue weighted by Crippen LogP contribution is -2.51. The first-order valence-corrected chi connectivity index (χ1v) is 9.32. The standard InChI is InChI=1S/C19H22F5N5O/c1-12-2-3-16(28-17-8-14(5-7-26-17)30-19(22,23)24)27-15(12)10-29-11-18(20,21)6-4-13(29)9-25/h2-3,5,7-8,13H,4,6,9-11,25H2,1H3,(H,26,27,28). The number of rotatable bonds is 6. The summed E-state index contributed by atoms with van der Waals surface area (Å²) >= 11 is 0. The molecule has 3 rings (SSSR count). The molecule has 0 bridgehead atoms. The number of nitrogens with one attached hydrogen (secondary N) is 1. The molecule has 0 spiro atoms. The van der Waals surface area contributed by atoms with Crippen LogP contribution in [0.25, 0.3) is 0 Å². The summed E-state index contributed by atoms with van der Waals surface area (Å²) in [4.78, 5) is 10.0. The van der Waals surface area contributed by atoms with E-state index in [1.54, 1.807) is 17.0 Å². The summed E-state index contributed by atoms with van der Waals surface area (Å²) in [6.07, 6.45) is -3.54. The second-order valence-electron chi connectivity index (χ2n) is 7.20. The van der Waals surface area contributed by atoms with Crippen LogP contribution in [0.15, 0.2) is 30.5 Å². The van der Waals surface area contributed by atoms with Crippen LogP contribution < -0.4 is 15.8 Å². The fourth-order valence-corrected chi connectivity index (χ4v) is 3.32. The maximum Gasteiger partial charge on any atom is 0.573 e. The van der Waals surface area contributed by atoms with Crippen molar-refractivity contribution >= 4 is 11.6 Å². The molecule has 0 radical (unpaired) electrons. The molecule has 3 N–H and O–H groups in total. The number of hydrogen-bond donors (Lipinski definition) is 2. The zero-order valence-corrected chi connectivity index (χ0v) is 16.2. The molecule has 1 aliphatic rings. The lowest BCUT2D eigenvalue weighted by Gasteiger charge is -2.39. The van der Waals surface area contributed by atoms with Crippen molar-refractivity contribution in [2.45, 2.75) is 44.6 Å². The second kappa shape index (κ2) is 8.68. The van der Waals surface area contributed by atoms with Crippen LogP contribution in [0.1, 0.15) is 24.1 Å². The quantitative estimate of drug-likeness (QED) is 0.674. The van der Waals surface area contributed by atoms with Crippen LogP contribution in [0.5, 0.6) is 5.75 Å². The van der Waals surface area contributed by atoms with Crippen LogP contribution in [-0.2, 0) is 6.54 Å². The lowest BCUT2D eigenvalue weighted by atomic mass is 9.98. The topological polar surface area (TPSA) is 76.3 Å². The molecule has 0 amide bonds. The average molecular weight is 431 g/mol. The van der Waals surface area contributed by atoms with Gasteiger partial charge in [0.05, 0.1) is 12.2 Å². The maximum absolute atomic E-state index is 13.9. The summed E-state index contributed by atoms with van der Waals surface area (Å²) < 4.78 is 68.8. The summed E-state index contributed by atoms with van der Waals surface area (Å²) in [5.41, 5.74) is 7.11. The third-order valence-corrected chi connectivity index (χ3v) is 4.84. The minimum absolute atomic E-state index is 0.100. The average Bonchev–Trinajstić information content (AvgIpc) is 2.63. The molecule has 11 heteroatoms. The second-order valence-corrected chi connectivity index (χ2v) is 7.20. The molecular formula is C19H22F5N5O. The van der Waals surface area contributed by atoms with Crippen molar-refractivity contribution < 1.29 is 26.7 Å². The van der Waals surface area contributed by atoms with Crippen molar-refractivity contribution in [3.63, 3.8) is 0 Å². The predicted molar refractivity (Wildman–Crippen MR) is 101 cm³/mol. The van der Waals surface area contributed by atoms with Gasteiger partial charge in [0.25, 0.3) is 5.92 Å². The molecule has 2 aromatic heterocycles. The summed E-state index contributed by atoms with van der Waals surface area (Å²) in [6.45, 7) is 1.86. The van der Waals surface area contributed by atoms with E-state index < -0.39 is 24.6 Å². The van der Waals surface area contributed by atoms with Crippen molar-refractivity contribution in [3.05, 3.63) is 41.7 Å². The monoisotopic (exact) mass is 431 g/mol. The molecular weight excluding hydrogens is 409 g/mol. The van der Waals surface area contributed by atoms with E-state index in [4.69, 9.17) is 5.73 Å². The predicted octanol–water partition coefficient (Wildman–Crippen LogP) is 3.99. The van der Waals surface area contributed by atoms with Gasteiger partial charge < -0.3 is 15.8 Å². The molecule has 6 nitrogen and oxygen atoms in total. The van der Waals surface area contributed by atoms with Gasteiger partial charge in [0.2, 0.25) is 0 Å². The Balaban J connectivity index is 1.76. The van der Waals surface area contributed by atoms with Crippen LogP contribution in [0.3, 0.4) is 0 Å². The van der Waals surface area contributed by atoms with E-state index in [1.165, 1.54) is 6.20 Å². The van der Waals surface area contributed by atoms with Gasteiger partial charge in [-0.1, -0.05) is 6.07 Å². The highest BCUT2D eigenvalue weighted by atomic mass is 19.4. The van der Waals surface area contributed by atoms with E-state index in [0.29, 0.717) is 17.9 Å². The Morgan fingerprint density at radius 3 is 2.73 bits per heavy atom. The number of nitrogens with zero attached hydrogens (tertiary/aromatic N) is 3. The van der Waals surface area contributed by atoms with Crippen molar-refractivity contribution in [2.75, 3.05) is 18.4 Å². The Labute approximate surface area is 170 Å². The Kier molecular flexibility index (Phi) is 6.41. The van der Waals surface area contributed by atoms with E-state index in [2.05, 4.69) is 20.0 Å². The van der Waals surface area contributed by atoms with E-state index in [0.717, 1.165) is 17.7 Å². The van der Waals surface area contributed by atoms with Gasteiger partial charge in [0.15, 0.2) is 0 Å². The van der Waals surface area contributed by atoms with Gasteiger partial charge in [-0.2, -0.15) is 0 Å². The molecule has 30 heavy (non-hydrogen) atoms. The number of hydrogen-bond acceptors (Lipinski definition) is 6. The highest BCUT2D eigenvalue weighted by Crippen LogP contribution is 2.31.